The van der Waals surface area contributed by atoms with E-state index in [4.69, 9.17) is 0 Å². The van der Waals surface area contributed by atoms with Crippen molar-refractivity contribution in [2.75, 3.05) is 5.75 Å². The molecule has 2 aromatic rings. The van der Waals surface area contributed by atoms with Gasteiger partial charge in [-0.3, -0.25) is 14.2 Å². The van der Waals surface area contributed by atoms with Gasteiger partial charge >= 0.3 is 0 Å². The second-order valence-corrected chi connectivity index (χ2v) is 8.78. The average molecular weight is 354 g/mol. The normalized spacial score (nSPS) is 12.1. The highest BCUT2D eigenvalue weighted by Crippen LogP contribution is 2.21. The zero-order valence-electron chi connectivity index (χ0n) is 14.2. The van der Waals surface area contributed by atoms with E-state index in [0.29, 0.717) is 27.8 Å². The summed E-state index contributed by atoms with van der Waals surface area (Å²) in [6, 6.07) is 1.85. The molecule has 0 fully saturated rings. The minimum atomic E-state index is -0.264. The number of nitrogens with one attached hydrogen (secondary N) is 1. The van der Waals surface area contributed by atoms with Crippen molar-refractivity contribution in [1.82, 2.24) is 14.9 Å². The minimum absolute atomic E-state index is 0.0163. The predicted molar refractivity (Wildman–Crippen MR) is 97.3 cm³/mol. The van der Waals surface area contributed by atoms with Crippen LogP contribution in [-0.2, 0) is 11.3 Å². The van der Waals surface area contributed by atoms with Crippen LogP contribution >= 0.6 is 23.1 Å². The van der Waals surface area contributed by atoms with Crippen LogP contribution in [0.4, 0.5) is 0 Å². The summed E-state index contributed by atoms with van der Waals surface area (Å²) in [5.41, 5.74) is 0.427. The molecule has 2 rings (SSSR count). The Hall–Kier alpha value is -1.34. The first-order valence-corrected chi connectivity index (χ1v) is 9.46. The summed E-state index contributed by atoms with van der Waals surface area (Å²) in [4.78, 5) is 29.2. The third-order valence-corrected chi connectivity index (χ3v) is 4.79. The molecule has 7 heteroatoms. The molecular formula is C16H23N3O2S2. The molecule has 0 aliphatic heterocycles. The average Bonchev–Trinajstić information content (AvgIpc) is 2.86. The number of fused-ring (bicyclic) bond motifs is 1. The van der Waals surface area contributed by atoms with Crippen molar-refractivity contribution < 1.29 is 4.79 Å². The zero-order chi connectivity index (χ0) is 17.2. The summed E-state index contributed by atoms with van der Waals surface area (Å²) >= 11 is 2.73. The van der Waals surface area contributed by atoms with Crippen molar-refractivity contribution in [2.24, 2.45) is 5.92 Å². The smallest absolute Gasteiger partial charge is 0.272 e. The first kappa shape index (κ1) is 18.0. The Morgan fingerprint density at radius 1 is 1.43 bits per heavy atom. The molecule has 0 saturated heterocycles. The molecule has 0 bridgehead atoms. The monoisotopic (exact) mass is 353 g/mol. The lowest BCUT2D eigenvalue weighted by atomic mass is 10.1. The van der Waals surface area contributed by atoms with Gasteiger partial charge in [0.05, 0.1) is 11.3 Å². The van der Waals surface area contributed by atoms with E-state index in [1.165, 1.54) is 23.1 Å². The van der Waals surface area contributed by atoms with E-state index in [-0.39, 0.29) is 22.8 Å². The number of hydrogen-bond acceptors (Lipinski definition) is 5. The summed E-state index contributed by atoms with van der Waals surface area (Å²) in [6.45, 7) is 10.6. The molecule has 0 saturated carbocycles. The predicted octanol–water partition coefficient (Wildman–Crippen LogP) is 3.12. The van der Waals surface area contributed by atoms with E-state index >= 15 is 0 Å². The number of carbonyl (C=O) groups excluding carboxylic acids is 1. The van der Waals surface area contributed by atoms with E-state index in [0.717, 1.165) is 0 Å². The van der Waals surface area contributed by atoms with Crippen LogP contribution in [0.5, 0.6) is 0 Å². The topological polar surface area (TPSA) is 64.0 Å². The summed E-state index contributed by atoms with van der Waals surface area (Å²) < 4.78 is 2.37. The highest BCUT2D eigenvalue weighted by Gasteiger charge is 2.17. The number of thiophene rings is 1. The largest absolute Gasteiger partial charge is 0.351 e. The third-order valence-electron chi connectivity index (χ3n) is 2.93. The van der Waals surface area contributed by atoms with E-state index in [1.54, 1.807) is 4.57 Å². The Balaban J connectivity index is 2.27. The SMILES string of the molecule is CC(C)Cn1c(SCC(=O)NC(C)(C)C)nc2ccsc2c1=O. The standard InChI is InChI=1S/C16H23N3O2S2/c1-10(2)8-19-14(21)13-11(6-7-22-13)17-15(19)23-9-12(20)18-16(3,4)5/h6-7,10H,8-9H2,1-5H3,(H,18,20). The van der Waals surface area contributed by atoms with Gasteiger partial charge in [0, 0.05) is 12.1 Å². The number of rotatable bonds is 5. The molecule has 0 aromatic carbocycles. The Morgan fingerprint density at radius 3 is 2.74 bits per heavy atom. The maximum atomic E-state index is 12.6. The van der Waals surface area contributed by atoms with Crippen molar-refractivity contribution >= 4 is 39.2 Å². The highest BCUT2D eigenvalue weighted by molar-refractivity contribution is 7.99. The Kier molecular flexibility index (Phi) is 5.52. The first-order chi connectivity index (χ1) is 10.7. The van der Waals surface area contributed by atoms with Crippen molar-refractivity contribution in [3.05, 3.63) is 21.8 Å². The number of hydrogen-bond donors (Lipinski definition) is 1. The number of aromatic nitrogens is 2. The molecule has 126 valence electrons. The Morgan fingerprint density at radius 2 is 2.13 bits per heavy atom. The fourth-order valence-electron chi connectivity index (χ4n) is 2.14. The van der Waals surface area contributed by atoms with Crippen LogP contribution in [0.2, 0.25) is 0 Å². The van der Waals surface area contributed by atoms with E-state index in [2.05, 4.69) is 24.1 Å². The van der Waals surface area contributed by atoms with E-state index in [1.807, 2.05) is 32.2 Å². The van der Waals surface area contributed by atoms with Crippen LogP contribution in [0.15, 0.2) is 21.4 Å². The van der Waals surface area contributed by atoms with Crippen LogP contribution in [-0.4, -0.2) is 26.8 Å². The van der Waals surface area contributed by atoms with Gasteiger partial charge in [0.15, 0.2) is 5.16 Å². The van der Waals surface area contributed by atoms with Gasteiger partial charge in [-0.2, -0.15) is 0 Å². The number of thioether (sulfide) groups is 1. The molecule has 2 aromatic heterocycles. The first-order valence-electron chi connectivity index (χ1n) is 7.59. The molecule has 0 aliphatic carbocycles. The quantitative estimate of drug-likeness (QED) is 0.663. The van der Waals surface area contributed by atoms with Gasteiger partial charge in [-0.25, -0.2) is 4.98 Å². The lowest BCUT2D eigenvalue weighted by molar-refractivity contribution is -0.119. The van der Waals surface area contributed by atoms with Crippen molar-refractivity contribution in [1.29, 1.82) is 0 Å². The van der Waals surface area contributed by atoms with Gasteiger partial charge in [-0.05, 0) is 38.1 Å². The van der Waals surface area contributed by atoms with Gasteiger partial charge in [0.1, 0.15) is 4.70 Å². The number of carbonyl (C=O) groups is 1. The third kappa shape index (κ3) is 4.81. The molecule has 0 atom stereocenters. The lowest BCUT2D eigenvalue weighted by Crippen LogP contribution is -2.41. The molecule has 0 aliphatic rings. The number of amides is 1. The fraction of sp³-hybridized carbons (Fsp3) is 0.562. The lowest BCUT2D eigenvalue weighted by Gasteiger charge is -2.20. The minimum Gasteiger partial charge on any atom is -0.351 e. The van der Waals surface area contributed by atoms with Gasteiger partial charge in [-0.15, -0.1) is 11.3 Å². The molecule has 2 heterocycles. The van der Waals surface area contributed by atoms with Crippen molar-refractivity contribution in [2.45, 2.75) is 51.9 Å². The summed E-state index contributed by atoms with van der Waals surface area (Å²) in [7, 11) is 0. The van der Waals surface area contributed by atoms with Crippen LogP contribution < -0.4 is 10.9 Å². The molecule has 1 N–H and O–H groups in total. The van der Waals surface area contributed by atoms with Gasteiger partial charge < -0.3 is 5.32 Å². The van der Waals surface area contributed by atoms with Crippen molar-refractivity contribution in [3.63, 3.8) is 0 Å². The highest BCUT2D eigenvalue weighted by atomic mass is 32.2. The summed E-state index contributed by atoms with van der Waals surface area (Å²) in [5.74, 6) is 0.519. The van der Waals surface area contributed by atoms with Gasteiger partial charge in [0.25, 0.3) is 5.56 Å². The fourth-order valence-corrected chi connectivity index (χ4v) is 3.73. The molecular weight excluding hydrogens is 330 g/mol. The molecule has 5 nitrogen and oxygen atoms in total. The maximum Gasteiger partial charge on any atom is 0.272 e. The second-order valence-electron chi connectivity index (χ2n) is 6.93. The van der Waals surface area contributed by atoms with E-state index < -0.39 is 0 Å². The van der Waals surface area contributed by atoms with Gasteiger partial charge in [-0.1, -0.05) is 25.6 Å². The summed E-state index contributed by atoms with van der Waals surface area (Å²) in [5, 5.41) is 5.41. The van der Waals surface area contributed by atoms with Crippen LogP contribution in [0.3, 0.4) is 0 Å². The van der Waals surface area contributed by atoms with E-state index in [9.17, 15) is 9.59 Å². The maximum absolute atomic E-state index is 12.6. The van der Waals surface area contributed by atoms with Crippen LogP contribution in [0, 0.1) is 5.92 Å². The number of nitrogens with zero attached hydrogens (tertiary/aromatic N) is 2. The van der Waals surface area contributed by atoms with Crippen LogP contribution in [0.25, 0.3) is 10.2 Å². The molecule has 0 unspecified atom stereocenters. The van der Waals surface area contributed by atoms with Gasteiger partial charge in [0.2, 0.25) is 5.91 Å². The molecule has 1 amide bonds. The molecule has 0 spiro atoms. The van der Waals surface area contributed by atoms with Crippen molar-refractivity contribution in [3.8, 4) is 0 Å². The Bertz CT molecular complexity index is 757. The second kappa shape index (κ2) is 7.05. The zero-order valence-corrected chi connectivity index (χ0v) is 15.8. The molecule has 23 heavy (non-hydrogen) atoms. The molecule has 0 radical (unpaired) electrons. The Labute approximate surface area is 144 Å². The summed E-state index contributed by atoms with van der Waals surface area (Å²) in [6.07, 6.45) is 0. The van der Waals surface area contributed by atoms with Crippen LogP contribution in [0.1, 0.15) is 34.6 Å².